The van der Waals surface area contributed by atoms with Gasteiger partial charge in [-0.3, -0.25) is 4.98 Å². The van der Waals surface area contributed by atoms with Crippen LogP contribution in [-0.4, -0.2) is 44.1 Å². The standard InChI is InChI=1S/C29H31N9/c1-29(2)17-31-9-8-23(29)36-28-26-21(19-4-3-5-19)15-32-16-22(26)35-27(38-28)20-7-11-34-25(13-20)37-24-12-18(14-30)6-10-33-24/h6-7,10-13,15-16,19,23,31H,3-5,8-9,17H2,1-2H3,(H,33,34,37)(H,35,36,38). The number of hydrogen-bond donors (Lipinski definition) is 3. The third-order valence-electron chi connectivity index (χ3n) is 7.79. The van der Waals surface area contributed by atoms with Gasteiger partial charge in [-0.25, -0.2) is 19.9 Å². The van der Waals surface area contributed by atoms with Gasteiger partial charge in [0.25, 0.3) is 0 Å². The fraction of sp³-hybridized carbons (Fsp3) is 0.379. The van der Waals surface area contributed by atoms with Gasteiger partial charge in [-0.1, -0.05) is 20.3 Å². The number of nitriles is 1. The quantitative estimate of drug-likeness (QED) is 0.326. The number of rotatable bonds is 6. The predicted octanol–water partition coefficient (Wildman–Crippen LogP) is 5.16. The Hall–Kier alpha value is -4.16. The van der Waals surface area contributed by atoms with E-state index in [1.807, 2.05) is 24.5 Å². The molecule has 192 valence electrons. The third kappa shape index (κ3) is 4.75. The molecule has 4 aromatic rings. The summed E-state index contributed by atoms with van der Waals surface area (Å²) >= 11 is 0. The lowest BCUT2D eigenvalue weighted by Gasteiger charge is -2.40. The number of nitrogens with zero attached hydrogens (tertiary/aromatic N) is 6. The zero-order valence-electron chi connectivity index (χ0n) is 21.7. The van der Waals surface area contributed by atoms with Crippen LogP contribution >= 0.6 is 0 Å². The summed E-state index contributed by atoms with van der Waals surface area (Å²) in [6.07, 6.45) is 11.8. The van der Waals surface area contributed by atoms with Crippen LogP contribution in [0.25, 0.3) is 22.3 Å². The van der Waals surface area contributed by atoms with Gasteiger partial charge in [0, 0.05) is 42.1 Å². The van der Waals surface area contributed by atoms with Crippen molar-refractivity contribution in [3.63, 3.8) is 0 Å². The van der Waals surface area contributed by atoms with Gasteiger partial charge in [0.05, 0.1) is 23.3 Å². The molecule has 1 atom stereocenters. The molecule has 2 fully saturated rings. The van der Waals surface area contributed by atoms with Crippen molar-refractivity contribution in [2.24, 2.45) is 5.41 Å². The molecule has 5 heterocycles. The molecule has 9 heteroatoms. The fourth-order valence-electron chi connectivity index (χ4n) is 5.31. The second-order valence-electron chi connectivity index (χ2n) is 10.9. The first-order chi connectivity index (χ1) is 18.5. The summed E-state index contributed by atoms with van der Waals surface area (Å²) in [7, 11) is 0. The van der Waals surface area contributed by atoms with E-state index in [1.54, 1.807) is 24.5 Å². The smallest absolute Gasteiger partial charge is 0.162 e. The number of nitrogens with one attached hydrogen (secondary N) is 3. The van der Waals surface area contributed by atoms with E-state index in [4.69, 9.17) is 9.97 Å². The third-order valence-corrected chi connectivity index (χ3v) is 7.79. The second kappa shape index (κ2) is 9.95. The number of piperidine rings is 1. The molecule has 6 rings (SSSR count). The summed E-state index contributed by atoms with van der Waals surface area (Å²) in [4.78, 5) is 23.4. The molecule has 0 aromatic carbocycles. The summed E-state index contributed by atoms with van der Waals surface area (Å²) in [6.45, 7) is 6.53. The minimum absolute atomic E-state index is 0.0814. The van der Waals surface area contributed by atoms with Gasteiger partial charge in [-0.2, -0.15) is 5.26 Å². The lowest BCUT2D eigenvalue weighted by molar-refractivity contribution is 0.236. The number of anilines is 3. The summed E-state index contributed by atoms with van der Waals surface area (Å²) < 4.78 is 0. The minimum atomic E-state index is 0.0814. The SMILES string of the molecule is CC1(C)CNCCC1Nc1nc(-c2ccnc(Nc3cc(C#N)ccn3)c2)nc2cncc(C3CCC3)c12. The van der Waals surface area contributed by atoms with Crippen LogP contribution in [0.2, 0.25) is 0 Å². The van der Waals surface area contributed by atoms with Gasteiger partial charge in [0.2, 0.25) is 0 Å². The van der Waals surface area contributed by atoms with Crippen molar-refractivity contribution in [3.8, 4) is 17.5 Å². The van der Waals surface area contributed by atoms with E-state index < -0.39 is 0 Å². The van der Waals surface area contributed by atoms with Crippen LogP contribution in [0.15, 0.2) is 49.1 Å². The first kappa shape index (κ1) is 24.2. The highest BCUT2D eigenvalue weighted by atomic mass is 15.1. The van der Waals surface area contributed by atoms with Gasteiger partial charge in [-0.05, 0) is 67.0 Å². The monoisotopic (exact) mass is 505 g/mol. The van der Waals surface area contributed by atoms with E-state index in [9.17, 15) is 5.26 Å². The molecule has 0 amide bonds. The molecular formula is C29H31N9. The van der Waals surface area contributed by atoms with Crippen molar-refractivity contribution in [2.75, 3.05) is 23.7 Å². The molecule has 9 nitrogen and oxygen atoms in total. The minimum Gasteiger partial charge on any atom is -0.366 e. The van der Waals surface area contributed by atoms with Crippen molar-refractivity contribution >= 4 is 28.4 Å². The molecule has 0 bridgehead atoms. The Balaban J connectivity index is 1.41. The maximum atomic E-state index is 9.20. The van der Waals surface area contributed by atoms with Crippen molar-refractivity contribution in [3.05, 3.63) is 60.2 Å². The maximum Gasteiger partial charge on any atom is 0.162 e. The lowest BCUT2D eigenvalue weighted by atomic mass is 9.78. The van der Waals surface area contributed by atoms with E-state index in [0.717, 1.165) is 41.8 Å². The molecule has 0 radical (unpaired) electrons. The van der Waals surface area contributed by atoms with E-state index in [-0.39, 0.29) is 11.5 Å². The Morgan fingerprint density at radius 1 is 1.03 bits per heavy atom. The summed E-state index contributed by atoms with van der Waals surface area (Å²) in [5.41, 5.74) is 3.54. The highest BCUT2D eigenvalue weighted by Crippen LogP contribution is 2.42. The van der Waals surface area contributed by atoms with Gasteiger partial charge >= 0.3 is 0 Å². The molecule has 1 saturated heterocycles. The zero-order chi connectivity index (χ0) is 26.1. The zero-order valence-corrected chi connectivity index (χ0v) is 21.7. The molecule has 2 aliphatic rings. The highest BCUT2D eigenvalue weighted by molar-refractivity contribution is 5.93. The van der Waals surface area contributed by atoms with Crippen LogP contribution in [0, 0.1) is 16.7 Å². The van der Waals surface area contributed by atoms with Crippen LogP contribution in [0.1, 0.15) is 56.6 Å². The molecular weight excluding hydrogens is 474 g/mol. The average molecular weight is 506 g/mol. The van der Waals surface area contributed by atoms with Crippen molar-refractivity contribution in [1.29, 1.82) is 5.26 Å². The van der Waals surface area contributed by atoms with Crippen LogP contribution in [0.5, 0.6) is 0 Å². The molecule has 1 aliphatic carbocycles. The Bertz CT molecular complexity index is 1520. The predicted molar refractivity (Wildman–Crippen MR) is 148 cm³/mol. The normalized spacial score (nSPS) is 18.9. The molecule has 3 N–H and O–H groups in total. The number of hydrogen-bond acceptors (Lipinski definition) is 9. The average Bonchev–Trinajstić information content (AvgIpc) is 2.89. The number of pyridine rings is 3. The first-order valence-corrected chi connectivity index (χ1v) is 13.2. The Labute approximate surface area is 222 Å². The van der Waals surface area contributed by atoms with Gasteiger partial charge in [0.15, 0.2) is 5.82 Å². The molecule has 0 spiro atoms. The van der Waals surface area contributed by atoms with Crippen molar-refractivity contribution in [1.82, 2.24) is 30.2 Å². The second-order valence-corrected chi connectivity index (χ2v) is 10.9. The van der Waals surface area contributed by atoms with Crippen LogP contribution in [0.3, 0.4) is 0 Å². The van der Waals surface area contributed by atoms with Gasteiger partial charge < -0.3 is 16.0 Å². The van der Waals surface area contributed by atoms with E-state index in [1.165, 1.54) is 24.8 Å². The highest BCUT2D eigenvalue weighted by Gasteiger charge is 2.33. The van der Waals surface area contributed by atoms with Gasteiger partial charge in [-0.15, -0.1) is 0 Å². The Morgan fingerprint density at radius 2 is 1.84 bits per heavy atom. The number of fused-ring (bicyclic) bond motifs is 1. The molecule has 1 saturated carbocycles. The summed E-state index contributed by atoms with van der Waals surface area (Å²) in [6, 6.07) is 9.60. The van der Waals surface area contributed by atoms with Crippen molar-refractivity contribution in [2.45, 2.75) is 51.5 Å². The fourth-order valence-corrected chi connectivity index (χ4v) is 5.31. The van der Waals surface area contributed by atoms with E-state index in [2.05, 4.69) is 50.8 Å². The number of aromatic nitrogens is 5. The molecule has 1 aliphatic heterocycles. The van der Waals surface area contributed by atoms with E-state index in [0.29, 0.717) is 28.9 Å². The topological polar surface area (TPSA) is 124 Å². The molecule has 1 unspecified atom stereocenters. The van der Waals surface area contributed by atoms with Crippen LogP contribution < -0.4 is 16.0 Å². The summed E-state index contributed by atoms with van der Waals surface area (Å²) in [5, 5.41) is 20.9. The van der Waals surface area contributed by atoms with E-state index >= 15 is 0 Å². The molecule has 4 aromatic heterocycles. The van der Waals surface area contributed by atoms with Crippen LogP contribution in [0.4, 0.5) is 17.5 Å². The Kier molecular flexibility index (Phi) is 6.34. The maximum absolute atomic E-state index is 9.20. The summed E-state index contributed by atoms with van der Waals surface area (Å²) in [5.74, 6) is 3.16. The largest absolute Gasteiger partial charge is 0.366 e. The van der Waals surface area contributed by atoms with Crippen molar-refractivity contribution < 1.29 is 0 Å². The molecule has 38 heavy (non-hydrogen) atoms. The lowest BCUT2D eigenvalue weighted by Crippen LogP contribution is -2.49. The Morgan fingerprint density at radius 3 is 2.61 bits per heavy atom. The van der Waals surface area contributed by atoms with Crippen LogP contribution in [-0.2, 0) is 0 Å². The van der Waals surface area contributed by atoms with Gasteiger partial charge in [0.1, 0.15) is 17.5 Å². The first-order valence-electron chi connectivity index (χ1n) is 13.2.